The van der Waals surface area contributed by atoms with Crippen molar-refractivity contribution < 1.29 is 14.3 Å². The zero-order valence-corrected chi connectivity index (χ0v) is 7.42. The van der Waals surface area contributed by atoms with Crippen molar-refractivity contribution in [2.45, 2.75) is 26.4 Å². The van der Waals surface area contributed by atoms with Gasteiger partial charge in [0.2, 0.25) is 0 Å². The highest BCUT2D eigenvalue weighted by molar-refractivity contribution is 5.80. The summed E-state index contributed by atoms with van der Waals surface area (Å²) in [5.74, 6) is -0.00667. The van der Waals surface area contributed by atoms with E-state index in [2.05, 4.69) is 4.74 Å². The smallest absolute Gasteiger partial charge is 0.183 e. The first-order chi connectivity index (χ1) is 5.20. The molecule has 0 heterocycles. The average molecular weight is 160 g/mol. The molecule has 0 aromatic heterocycles. The van der Waals surface area contributed by atoms with Crippen LogP contribution in [0.5, 0.6) is 0 Å². The van der Waals surface area contributed by atoms with Gasteiger partial charge in [0.05, 0.1) is 6.10 Å². The SMILES string of the molecule is CCC(C)OCC(=O)COC. The molecule has 0 saturated carbocycles. The Bertz CT molecular complexity index is 112. The van der Waals surface area contributed by atoms with Crippen molar-refractivity contribution in [1.29, 1.82) is 0 Å². The molecule has 0 aliphatic rings. The Morgan fingerprint density at radius 3 is 2.55 bits per heavy atom. The summed E-state index contributed by atoms with van der Waals surface area (Å²) in [7, 11) is 1.50. The van der Waals surface area contributed by atoms with Crippen LogP contribution < -0.4 is 0 Å². The highest BCUT2D eigenvalue weighted by Gasteiger charge is 2.03. The van der Waals surface area contributed by atoms with E-state index in [0.717, 1.165) is 6.42 Å². The topological polar surface area (TPSA) is 35.5 Å². The minimum Gasteiger partial charge on any atom is -0.377 e. The van der Waals surface area contributed by atoms with Gasteiger partial charge in [0.1, 0.15) is 13.2 Å². The Balaban J connectivity index is 3.30. The summed E-state index contributed by atoms with van der Waals surface area (Å²) in [5.41, 5.74) is 0. The molecule has 0 spiro atoms. The summed E-state index contributed by atoms with van der Waals surface area (Å²) in [5, 5.41) is 0. The molecule has 0 amide bonds. The molecule has 3 heteroatoms. The van der Waals surface area contributed by atoms with Gasteiger partial charge in [-0.25, -0.2) is 0 Å². The van der Waals surface area contributed by atoms with Crippen LogP contribution in [-0.4, -0.2) is 32.2 Å². The van der Waals surface area contributed by atoms with Crippen LogP contribution in [0, 0.1) is 0 Å². The molecule has 0 bridgehead atoms. The van der Waals surface area contributed by atoms with E-state index in [1.807, 2.05) is 13.8 Å². The first kappa shape index (κ1) is 10.6. The van der Waals surface area contributed by atoms with Gasteiger partial charge >= 0.3 is 0 Å². The Morgan fingerprint density at radius 2 is 2.09 bits per heavy atom. The van der Waals surface area contributed by atoms with Crippen LogP contribution in [0.4, 0.5) is 0 Å². The summed E-state index contributed by atoms with van der Waals surface area (Å²) in [6, 6.07) is 0. The maximum atomic E-state index is 10.8. The molecule has 1 atom stereocenters. The molecule has 0 aromatic rings. The summed E-state index contributed by atoms with van der Waals surface area (Å²) in [6.45, 7) is 4.28. The standard InChI is InChI=1S/C8H16O3/c1-4-7(2)11-6-8(9)5-10-3/h7H,4-6H2,1-3H3. The van der Waals surface area contributed by atoms with Gasteiger partial charge in [0, 0.05) is 7.11 Å². The van der Waals surface area contributed by atoms with Crippen LogP contribution in [-0.2, 0) is 14.3 Å². The molecule has 66 valence electrons. The molecule has 11 heavy (non-hydrogen) atoms. The maximum absolute atomic E-state index is 10.8. The third-order valence-corrected chi connectivity index (χ3v) is 1.41. The predicted molar refractivity (Wildman–Crippen MR) is 42.6 cm³/mol. The molecule has 0 aliphatic carbocycles. The van der Waals surface area contributed by atoms with Gasteiger partial charge < -0.3 is 9.47 Å². The highest BCUT2D eigenvalue weighted by Crippen LogP contribution is 1.94. The lowest BCUT2D eigenvalue weighted by Crippen LogP contribution is -2.18. The molecule has 0 N–H and O–H groups in total. The van der Waals surface area contributed by atoms with Crippen LogP contribution in [0.3, 0.4) is 0 Å². The second-order valence-electron chi connectivity index (χ2n) is 2.50. The van der Waals surface area contributed by atoms with Crippen molar-refractivity contribution in [3.05, 3.63) is 0 Å². The molecule has 0 aliphatic heterocycles. The molecular formula is C8H16O3. The van der Waals surface area contributed by atoms with Crippen molar-refractivity contribution in [2.75, 3.05) is 20.3 Å². The van der Waals surface area contributed by atoms with Crippen molar-refractivity contribution in [2.24, 2.45) is 0 Å². The number of ether oxygens (including phenoxy) is 2. The first-order valence-electron chi connectivity index (χ1n) is 3.83. The zero-order chi connectivity index (χ0) is 8.69. The second-order valence-corrected chi connectivity index (χ2v) is 2.50. The molecule has 0 aromatic carbocycles. The number of rotatable bonds is 6. The highest BCUT2D eigenvalue weighted by atomic mass is 16.5. The maximum Gasteiger partial charge on any atom is 0.183 e. The molecule has 0 saturated heterocycles. The molecule has 3 nitrogen and oxygen atoms in total. The van der Waals surface area contributed by atoms with Crippen LogP contribution in [0.15, 0.2) is 0 Å². The number of Topliss-reactive ketones (excluding diaryl/α,β-unsaturated/α-hetero) is 1. The fourth-order valence-corrected chi connectivity index (χ4v) is 0.556. The molecule has 0 rings (SSSR count). The molecule has 0 radical (unpaired) electrons. The minimum absolute atomic E-state index is 0.00667. The van der Waals surface area contributed by atoms with Crippen LogP contribution in [0.2, 0.25) is 0 Å². The van der Waals surface area contributed by atoms with Crippen LogP contribution >= 0.6 is 0 Å². The predicted octanol–water partition coefficient (Wildman–Crippen LogP) is 1.02. The van der Waals surface area contributed by atoms with Gasteiger partial charge in [-0.15, -0.1) is 0 Å². The van der Waals surface area contributed by atoms with Gasteiger partial charge in [-0.05, 0) is 13.3 Å². The summed E-state index contributed by atoms with van der Waals surface area (Å²) in [6.07, 6.45) is 1.09. The van der Waals surface area contributed by atoms with Crippen LogP contribution in [0.25, 0.3) is 0 Å². The summed E-state index contributed by atoms with van der Waals surface area (Å²) < 4.78 is 9.82. The van der Waals surface area contributed by atoms with E-state index >= 15 is 0 Å². The number of hydrogen-bond donors (Lipinski definition) is 0. The fraction of sp³-hybridized carbons (Fsp3) is 0.875. The largest absolute Gasteiger partial charge is 0.377 e. The second kappa shape index (κ2) is 6.31. The molecule has 0 fully saturated rings. The Labute approximate surface area is 67.7 Å². The van der Waals surface area contributed by atoms with Gasteiger partial charge in [-0.2, -0.15) is 0 Å². The van der Waals surface area contributed by atoms with E-state index in [1.165, 1.54) is 7.11 Å². The van der Waals surface area contributed by atoms with E-state index in [0.29, 0.717) is 0 Å². The first-order valence-corrected chi connectivity index (χ1v) is 3.83. The average Bonchev–Trinajstić information content (AvgIpc) is 2.01. The Morgan fingerprint density at radius 1 is 1.45 bits per heavy atom. The third kappa shape index (κ3) is 6.01. The number of carbonyl (C=O) groups is 1. The van der Waals surface area contributed by atoms with Crippen LogP contribution in [0.1, 0.15) is 20.3 Å². The number of methoxy groups -OCH3 is 1. The van der Waals surface area contributed by atoms with Crippen molar-refractivity contribution >= 4 is 5.78 Å². The molecule has 1 unspecified atom stereocenters. The van der Waals surface area contributed by atoms with E-state index in [4.69, 9.17) is 4.74 Å². The van der Waals surface area contributed by atoms with Crippen molar-refractivity contribution in [1.82, 2.24) is 0 Å². The third-order valence-electron chi connectivity index (χ3n) is 1.41. The van der Waals surface area contributed by atoms with Crippen molar-refractivity contribution in [3.8, 4) is 0 Å². The van der Waals surface area contributed by atoms with E-state index in [9.17, 15) is 4.79 Å². The summed E-state index contributed by atoms with van der Waals surface area (Å²) in [4.78, 5) is 10.8. The molecular weight excluding hydrogens is 144 g/mol. The quantitative estimate of drug-likeness (QED) is 0.582. The summed E-state index contributed by atoms with van der Waals surface area (Å²) >= 11 is 0. The number of ketones is 1. The fourth-order valence-electron chi connectivity index (χ4n) is 0.556. The van der Waals surface area contributed by atoms with E-state index in [1.54, 1.807) is 0 Å². The zero-order valence-electron chi connectivity index (χ0n) is 7.42. The Hall–Kier alpha value is -0.410. The Kier molecular flexibility index (Phi) is 6.07. The van der Waals surface area contributed by atoms with Crippen molar-refractivity contribution in [3.63, 3.8) is 0 Å². The minimum atomic E-state index is -0.00667. The number of carbonyl (C=O) groups excluding carboxylic acids is 1. The van der Waals surface area contributed by atoms with Gasteiger partial charge in [-0.1, -0.05) is 6.92 Å². The lowest BCUT2D eigenvalue weighted by molar-refractivity contribution is -0.128. The van der Waals surface area contributed by atoms with E-state index in [-0.39, 0.29) is 25.1 Å². The van der Waals surface area contributed by atoms with E-state index < -0.39 is 0 Å². The lowest BCUT2D eigenvalue weighted by atomic mass is 10.3. The van der Waals surface area contributed by atoms with Gasteiger partial charge in [-0.3, -0.25) is 4.79 Å². The monoisotopic (exact) mass is 160 g/mol. The number of hydrogen-bond acceptors (Lipinski definition) is 3. The lowest BCUT2D eigenvalue weighted by Gasteiger charge is -2.08. The van der Waals surface area contributed by atoms with Gasteiger partial charge in [0.15, 0.2) is 5.78 Å². The van der Waals surface area contributed by atoms with Gasteiger partial charge in [0.25, 0.3) is 0 Å². The normalized spacial score (nSPS) is 13.0.